The predicted octanol–water partition coefficient (Wildman–Crippen LogP) is 5.14. The summed E-state index contributed by atoms with van der Waals surface area (Å²) in [4.78, 5) is 17.5. The number of hydrogen-bond donors (Lipinski definition) is 0. The van der Waals surface area contributed by atoms with E-state index in [1.165, 1.54) is 22.3 Å². The van der Waals surface area contributed by atoms with E-state index < -0.39 is 0 Å². The number of thiophene rings is 1. The van der Waals surface area contributed by atoms with Gasteiger partial charge in [0.1, 0.15) is 29.6 Å². The van der Waals surface area contributed by atoms with Crippen molar-refractivity contribution < 1.29 is 0 Å². The van der Waals surface area contributed by atoms with E-state index in [1.54, 1.807) is 28.7 Å². The van der Waals surface area contributed by atoms with Gasteiger partial charge in [-0.2, -0.15) is 5.10 Å². The Morgan fingerprint density at radius 3 is 2.50 bits per heavy atom. The second-order valence-corrected chi connectivity index (χ2v) is 8.14. The van der Waals surface area contributed by atoms with Crippen LogP contribution in [0.15, 0.2) is 79.6 Å². The van der Waals surface area contributed by atoms with Crippen molar-refractivity contribution in [2.45, 2.75) is 13.0 Å². The average Bonchev–Trinajstić information content (AvgIpc) is 3.49. The van der Waals surface area contributed by atoms with Crippen LogP contribution in [0.2, 0.25) is 0 Å². The van der Waals surface area contributed by atoms with E-state index in [4.69, 9.17) is 0 Å². The molecule has 0 N–H and O–H groups in total. The molecule has 0 saturated carbocycles. The van der Waals surface area contributed by atoms with Crippen LogP contribution in [0.3, 0.4) is 0 Å². The summed E-state index contributed by atoms with van der Waals surface area (Å²) >= 11 is 1.70. The third kappa shape index (κ3) is 3.33. The maximum atomic E-state index is 4.62. The van der Waals surface area contributed by atoms with Crippen LogP contribution in [0.4, 0.5) is 5.82 Å². The molecule has 0 fully saturated rings. The number of aromatic nitrogens is 5. The summed E-state index contributed by atoms with van der Waals surface area (Å²) in [5.74, 6) is 0.936. The van der Waals surface area contributed by atoms with Crippen LogP contribution in [0.5, 0.6) is 0 Å². The molecule has 3 heterocycles. The Labute approximate surface area is 178 Å². The Morgan fingerprint density at radius 1 is 0.967 bits per heavy atom. The summed E-state index contributed by atoms with van der Waals surface area (Å²) in [6.07, 6.45) is 4.89. The number of rotatable bonds is 5. The smallest absolute Gasteiger partial charge is 0.141 e. The number of anilines is 1. The van der Waals surface area contributed by atoms with Crippen molar-refractivity contribution in [1.29, 1.82) is 0 Å². The lowest BCUT2D eigenvalue weighted by Crippen LogP contribution is -2.22. The van der Waals surface area contributed by atoms with Crippen molar-refractivity contribution in [3.63, 3.8) is 0 Å². The fourth-order valence-electron chi connectivity index (χ4n) is 3.52. The Morgan fingerprint density at radius 2 is 1.77 bits per heavy atom. The number of nitrogens with zero attached hydrogens (tertiary/aromatic N) is 6. The summed E-state index contributed by atoms with van der Waals surface area (Å²) in [7, 11) is 2.08. The van der Waals surface area contributed by atoms with E-state index in [9.17, 15) is 0 Å². The van der Waals surface area contributed by atoms with Gasteiger partial charge < -0.3 is 4.90 Å². The predicted molar refractivity (Wildman–Crippen MR) is 121 cm³/mol. The topological polar surface area (TPSA) is 59.7 Å². The second kappa shape index (κ2) is 7.68. The van der Waals surface area contributed by atoms with Crippen molar-refractivity contribution in [1.82, 2.24) is 24.7 Å². The minimum Gasteiger partial charge on any atom is -0.352 e. The Balaban J connectivity index is 1.46. The Bertz CT molecular complexity index is 1260. The number of fused-ring (bicyclic) bond motifs is 1. The van der Waals surface area contributed by atoms with Crippen LogP contribution in [-0.2, 0) is 0 Å². The van der Waals surface area contributed by atoms with Gasteiger partial charge in [0, 0.05) is 11.9 Å². The first-order valence-corrected chi connectivity index (χ1v) is 10.5. The molecule has 30 heavy (non-hydrogen) atoms. The molecule has 5 rings (SSSR count). The minimum absolute atomic E-state index is 0.146. The van der Waals surface area contributed by atoms with Gasteiger partial charge in [0.15, 0.2) is 0 Å². The molecule has 0 radical (unpaired) electrons. The quantitative estimate of drug-likeness (QED) is 0.400. The van der Waals surface area contributed by atoms with E-state index in [2.05, 4.69) is 93.5 Å². The highest BCUT2D eigenvalue weighted by Gasteiger charge is 2.18. The summed E-state index contributed by atoms with van der Waals surface area (Å²) < 4.78 is 1.75. The first kappa shape index (κ1) is 18.4. The van der Waals surface area contributed by atoms with Gasteiger partial charge in [-0.05, 0) is 36.2 Å². The van der Waals surface area contributed by atoms with Gasteiger partial charge in [-0.15, -0.1) is 11.3 Å². The maximum absolute atomic E-state index is 4.62. The normalized spacial score (nSPS) is 12.2. The van der Waals surface area contributed by atoms with E-state index in [1.807, 2.05) is 6.07 Å². The molecule has 3 aromatic heterocycles. The molecule has 0 saturated heterocycles. The van der Waals surface area contributed by atoms with Crippen molar-refractivity contribution in [3.05, 3.63) is 85.2 Å². The van der Waals surface area contributed by atoms with Gasteiger partial charge in [-0.25, -0.2) is 19.6 Å². The summed E-state index contributed by atoms with van der Waals surface area (Å²) in [5.41, 5.74) is 3.39. The molecular weight excluding hydrogens is 392 g/mol. The molecule has 0 bridgehead atoms. The lowest BCUT2D eigenvalue weighted by atomic mass is 10.1. The van der Waals surface area contributed by atoms with Crippen LogP contribution < -0.4 is 4.90 Å². The molecular formula is C23H20N6S. The number of hydrogen-bond acceptors (Lipinski definition) is 6. The molecule has 0 unspecified atom stereocenters. The highest BCUT2D eigenvalue weighted by atomic mass is 32.1. The van der Waals surface area contributed by atoms with Crippen molar-refractivity contribution in [3.8, 4) is 16.1 Å². The monoisotopic (exact) mass is 412 g/mol. The Kier molecular flexibility index (Phi) is 4.72. The maximum Gasteiger partial charge on any atom is 0.141 e. The van der Waals surface area contributed by atoms with Gasteiger partial charge in [0.25, 0.3) is 0 Å². The fraction of sp³-hybridized carbons (Fsp3) is 0.130. The molecule has 0 aliphatic carbocycles. The SMILES string of the molecule is C[C@@H](c1ccc(-n2cncn2)cc1)N(C)c1ncnc2sc(-c3ccccc3)cc12. The largest absolute Gasteiger partial charge is 0.352 e. The average molecular weight is 413 g/mol. The summed E-state index contributed by atoms with van der Waals surface area (Å²) in [6.45, 7) is 2.18. The van der Waals surface area contributed by atoms with E-state index in [-0.39, 0.29) is 6.04 Å². The van der Waals surface area contributed by atoms with Gasteiger partial charge >= 0.3 is 0 Å². The first-order chi connectivity index (χ1) is 14.7. The highest BCUT2D eigenvalue weighted by Crippen LogP contribution is 2.37. The van der Waals surface area contributed by atoms with E-state index in [0.29, 0.717) is 0 Å². The minimum atomic E-state index is 0.146. The van der Waals surface area contributed by atoms with Crippen molar-refractivity contribution in [2.24, 2.45) is 0 Å². The molecule has 7 heteroatoms. The van der Waals surface area contributed by atoms with Crippen LogP contribution in [0.25, 0.3) is 26.3 Å². The van der Waals surface area contributed by atoms with Gasteiger partial charge in [-0.1, -0.05) is 42.5 Å². The van der Waals surface area contributed by atoms with Crippen LogP contribution >= 0.6 is 11.3 Å². The number of benzene rings is 2. The van der Waals surface area contributed by atoms with Crippen LogP contribution in [0, 0.1) is 0 Å². The first-order valence-electron chi connectivity index (χ1n) is 9.68. The zero-order valence-corrected chi connectivity index (χ0v) is 17.5. The molecule has 148 valence electrons. The zero-order chi connectivity index (χ0) is 20.5. The summed E-state index contributed by atoms with van der Waals surface area (Å²) in [5, 5.41) is 5.26. The fourth-order valence-corrected chi connectivity index (χ4v) is 4.52. The van der Waals surface area contributed by atoms with Gasteiger partial charge in [0.05, 0.1) is 17.1 Å². The molecule has 5 aromatic rings. The molecule has 0 aliphatic rings. The standard InChI is InChI=1S/C23H20N6S/c1-16(17-8-10-19(11-9-17)29-15-24-13-27-29)28(2)22-20-12-21(18-6-4-3-5-7-18)30-23(20)26-14-25-22/h3-16H,1-2H3/t16-/m0/s1. The van der Waals surface area contributed by atoms with Gasteiger partial charge in [0.2, 0.25) is 0 Å². The third-order valence-corrected chi connectivity index (χ3v) is 6.43. The van der Waals surface area contributed by atoms with E-state index >= 15 is 0 Å². The van der Waals surface area contributed by atoms with Crippen molar-refractivity contribution >= 4 is 27.4 Å². The molecule has 0 spiro atoms. The lowest BCUT2D eigenvalue weighted by Gasteiger charge is -2.27. The zero-order valence-electron chi connectivity index (χ0n) is 16.7. The molecule has 6 nitrogen and oxygen atoms in total. The van der Waals surface area contributed by atoms with E-state index in [0.717, 1.165) is 21.7 Å². The summed E-state index contributed by atoms with van der Waals surface area (Å²) in [6, 6.07) is 21.1. The molecule has 2 aromatic carbocycles. The molecule has 0 aliphatic heterocycles. The second-order valence-electron chi connectivity index (χ2n) is 7.11. The highest BCUT2D eigenvalue weighted by molar-refractivity contribution is 7.21. The Hall–Kier alpha value is -3.58. The van der Waals surface area contributed by atoms with Gasteiger partial charge in [-0.3, -0.25) is 0 Å². The molecule has 1 atom stereocenters. The van der Waals surface area contributed by atoms with Crippen LogP contribution in [-0.4, -0.2) is 31.8 Å². The molecule has 0 amide bonds. The lowest BCUT2D eigenvalue weighted by molar-refractivity contribution is 0.730. The third-order valence-electron chi connectivity index (χ3n) is 5.34. The van der Waals surface area contributed by atoms with Crippen molar-refractivity contribution in [2.75, 3.05) is 11.9 Å². The van der Waals surface area contributed by atoms with Crippen LogP contribution in [0.1, 0.15) is 18.5 Å².